The van der Waals surface area contributed by atoms with E-state index in [1.807, 2.05) is 6.92 Å². The van der Waals surface area contributed by atoms with Gasteiger partial charge >= 0.3 is 0 Å². The van der Waals surface area contributed by atoms with Crippen LogP contribution in [0.3, 0.4) is 0 Å². The maximum Gasteiger partial charge on any atom is 0.0616 e. The Morgan fingerprint density at radius 2 is 1.75 bits per heavy atom. The minimum absolute atomic E-state index is 0.481. The molecule has 1 atom stereocenters. The van der Waals surface area contributed by atoms with E-state index in [1.165, 1.54) is 12.8 Å². The smallest absolute Gasteiger partial charge is 0.0616 e. The van der Waals surface area contributed by atoms with Gasteiger partial charge in [0.25, 0.3) is 0 Å². The van der Waals surface area contributed by atoms with Crippen LogP contribution in [-0.2, 0) is 4.74 Å². The van der Waals surface area contributed by atoms with E-state index in [2.05, 4.69) is 26.1 Å². The summed E-state index contributed by atoms with van der Waals surface area (Å²) in [5.74, 6) is 0. The molecule has 0 aliphatic rings. The molecule has 0 fully saturated rings. The molecule has 0 rings (SSSR count). The topological polar surface area (TPSA) is 21.3 Å². The normalized spacial score (nSPS) is 13.8. The number of hydrogen-bond donors (Lipinski definition) is 1. The molecule has 0 aromatic carbocycles. The zero-order valence-electron chi connectivity index (χ0n) is 8.89. The van der Waals surface area contributed by atoms with E-state index in [9.17, 15) is 0 Å². The summed E-state index contributed by atoms with van der Waals surface area (Å²) >= 11 is 0. The molecule has 0 heterocycles. The van der Waals surface area contributed by atoms with Gasteiger partial charge in [-0.05, 0) is 26.7 Å². The lowest BCUT2D eigenvalue weighted by molar-refractivity contribution is 0.123. The van der Waals surface area contributed by atoms with Crippen LogP contribution < -0.4 is 5.32 Å². The zero-order chi connectivity index (χ0) is 9.40. The highest BCUT2D eigenvalue weighted by Gasteiger charge is 2.07. The van der Waals surface area contributed by atoms with Crippen LogP contribution in [0.4, 0.5) is 0 Å². The van der Waals surface area contributed by atoms with Crippen LogP contribution in [0.2, 0.25) is 0 Å². The molecule has 74 valence electrons. The zero-order valence-corrected chi connectivity index (χ0v) is 8.89. The van der Waals surface area contributed by atoms with Gasteiger partial charge in [0.2, 0.25) is 0 Å². The van der Waals surface area contributed by atoms with Gasteiger partial charge in [0.1, 0.15) is 0 Å². The van der Waals surface area contributed by atoms with Crippen LogP contribution >= 0.6 is 0 Å². The first-order valence-corrected chi connectivity index (χ1v) is 5.08. The second-order valence-corrected chi connectivity index (χ2v) is 3.24. The van der Waals surface area contributed by atoms with E-state index in [-0.39, 0.29) is 0 Å². The average molecular weight is 173 g/mol. The molecular formula is C10H23NO. The summed E-state index contributed by atoms with van der Waals surface area (Å²) in [6, 6.07) is 1.13. The van der Waals surface area contributed by atoms with Gasteiger partial charge in [-0.1, -0.05) is 13.8 Å². The molecule has 12 heavy (non-hydrogen) atoms. The first-order valence-electron chi connectivity index (χ1n) is 5.08. The van der Waals surface area contributed by atoms with Crippen molar-refractivity contribution in [1.82, 2.24) is 5.32 Å². The fourth-order valence-corrected chi connectivity index (χ4v) is 1.27. The maximum absolute atomic E-state index is 5.32. The van der Waals surface area contributed by atoms with E-state index < -0.39 is 0 Å². The van der Waals surface area contributed by atoms with Crippen molar-refractivity contribution in [3.05, 3.63) is 0 Å². The second-order valence-electron chi connectivity index (χ2n) is 3.24. The van der Waals surface area contributed by atoms with Crippen molar-refractivity contribution in [2.45, 2.75) is 52.6 Å². The van der Waals surface area contributed by atoms with E-state index in [4.69, 9.17) is 4.74 Å². The summed E-state index contributed by atoms with van der Waals surface area (Å²) < 4.78 is 5.32. The van der Waals surface area contributed by atoms with Gasteiger partial charge < -0.3 is 10.1 Å². The SMILES string of the molecule is CCOCC(C)NC(CC)CC. The average Bonchev–Trinajstić information content (AvgIpc) is 2.10. The van der Waals surface area contributed by atoms with Crippen molar-refractivity contribution in [1.29, 1.82) is 0 Å². The summed E-state index contributed by atoms with van der Waals surface area (Å²) in [6.45, 7) is 10.3. The highest BCUT2D eigenvalue weighted by molar-refractivity contribution is 4.68. The summed E-state index contributed by atoms with van der Waals surface area (Å²) in [5.41, 5.74) is 0. The monoisotopic (exact) mass is 173 g/mol. The Labute approximate surface area is 76.7 Å². The van der Waals surface area contributed by atoms with Gasteiger partial charge in [-0.2, -0.15) is 0 Å². The standard InChI is InChI=1S/C10H23NO/c1-5-10(6-2)11-9(4)8-12-7-3/h9-11H,5-8H2,1-4H3. The van der Waals surface area contributed by atoms with Crippen molar-refractivity contribution in [3.63, 3.8) is 0 Å². The third-order valence-corrected chi connectivity index (χ3v) is 2.08. The molecule has 0 aromatic heterocycles. The molecule has 0 amide bonds. The molecule has 0 aliphatic carbocycles. The van der Waals surface area contributed by atoms with Crippen molar-refractivity contribution in [2.75, 3.05) is 13.2 Å². The van der Waals surface area contributed by atoms with Gasteiger partial charge in [-0.3, -0.25) is 0 Å². The summed E-state index contributed by atoms with van der Waals surface area (Å²) in [6.07, 6.45) is 2.40. The molecule has 0 saturated heterocycles. The largest absolute Gasteiger partial charge is 0.380 e. The van der Waals surface area contributed by atoms with Crippen LogP contribution in [0.1, 0.15) is 40.5 Å². The predicted octanol–water partition coefficient (Wildman–Crippen LogP) is 2.19. The summed E-state index contributed by atoms with van der Waals surface area (Å²) in [4.78, 5) is 0. The lowest BCUT2D eigenvalue weighted by atomic mass is 10.1. The third-order valence-electron chi connectivity index (χ3n) is 2.08. The molecule has 0 bridgehead atoms. The molecule has 0 spiro atoms. The van der Waals surface area contributed by atoms with E-state index >= 15 is 0 Å². The molecule has 0 radical (unpaired) electrons. The van der Waals surface area contributed by atoms with Crippen molar-refractivity contribution in [3.8, 4) is 0 Å². The second kappa shape index (κ2) is 7.56. The van der Waals surface area contributed by atoms with Gasteiger partial charge in [-0.25, -0.2) is 0 Å². The van der Waals surface area contributed by atoms with E-state index in [1.54, 1.807) is 0 Å². The number of hydrogen-bond acceptors (Lipinski definition) is 2. The van der Waals surface area contributed by atoms with Gasteiger partial charge in [0.05, 0.1) is 6.61 Å². The molecular weight excluding hydrogens is 150 g/mol. The fraction of sp³-hybridized carbons (Fsp3) is 1.00. The Morgan fingerprint density at radius 3 is 2.17 bits per heavy atom. The number of rotatable bonds is 7. The number of nitrogens with one attached hydrogen (secondary N) is 1. The first-order chi connectivity index (χ1) is 5.74. The Morgan fingerprint density at radius 1 is 1.17 bits per heavy atom. The molecule has 0 aliphatic heterocycles. The van der Waals surface area contributed by atoms with Crippen LogP contribution in [0.5, 0.6) is 0 Å². The fourth-order valence-electron chi connectivity index (χ4n) is 1.27. The van der Waals surface area contributed by atoms with E-state index in [0.29, 0.717) is 12.1 Å². The Balaban J connectivity index is 3.44. The summed E-state index contributed by atoms with van der Waals surface area (Å²) in [5, 5.41) is 3.53. The van der Waals surface area contributed by atoms with Crippen LogP contribution in [-0.4, -0.2) is 25.3 Å². The quantitative estimate of drug-likeness (QED) is 0.637. The number of ether oxygens (including phenoxy) is 1. The molecule has 2 heteroatoms. The van der Waals surface area contributed by atoms with Gasteiger partial charge in [0, 0.05) is 18.7 Å². The molecule has 1 N–H and O–H groups in total. The Bertz CT molecular complexity index is 91.8. The molecule has 1 unspecified atom stereocenters. The van der Waals surface area contributed by atoms with Crippen LogP contribution in [0.15, 0.2) is 0 Å². The van der Waals surface area contributed by atoms with Crippen molar-refractivity contribution >= 4 is 0 Å². The van der Waals surface area contributed by atoms with Crippen LogP contribution in [0.25, 0.3) is 0 Å². The minimum Gasteiger partial charge on any atom is -0.380 e. The molecule has 2 nitrogen and oxygen atoms in total. The van der Waals surface area contributed by atoms with Crippen molar-refractivity contribution < 1.29 is 4.74 Å². The minimum atomic E-state index is 0.481. The van der Waals surface area contributed by atoms with E-state index in [0.717, 1.165) is 13.2 Å². The lowest BCUT2D eigenvalue weighted by Crippen LogP contribution is -2.38. The first kappa shape index (κ1) is 11.9. The predicted molar refractivity (Wildman–Crippen MR) is 53.5 cm³/mol. The summed E-state index contributed by atoms with van der Waals surface area (Å²) in [7, 11) is 0. The highest BCUT2D eigenvalue weighted by Crippen LogP contribution is 1.98. The highest BCUT2D eigenvalue weighted by atomic mass is 16.5. The van der Waals surface area contributed by atoms with Crippen LogP contribution in [0, 0.1) is 0 Å². The lowest BCUT2D eigenvalue weighted by Gasteiger charge is -2.20. The molecule has 0 saturated carbocycles. The third kappa shape index (κ3) is 5.56. The maximum atomic E-state index is 5.32. The Kier molecular flexibility index (Phi) is 7.51. The van der Waals surface area contributed by atoms with Crippen molar-refractivity contribution in [2.24, 2.45) is 0 Å². The Hall–Kier alpha value is -0.0800. The van der Waals surface area contributed by atoms with Gasteiger partial charge in [0.15, 0.2) is 0 Å². The molecule has 0 aromatic rings. The van der Waals surface area contributed by atoms with Gasteiger partial charge in [-0.15, -0.1) is 0 Å².